The average molecular weight is 316 g/mol. The number of carboxylic acid groups (broad SMARTS) is 1. The number of hydrogen-bond acceptors (Lipinski definition) is 2. The molecule has 1 fully saturated rings. The van der Waals surface area contributed by atoms with Gasteiger partial charge in [0.05, 0.1) is 5.92 Å². The molecule has 0 heterocycles. The summed E-state index contributed by atoms with van der Waals surface area (Å²) in [4.78, 5) is 11.6. The fourth-order valence-corrected chi connectivity index (χ4v) is 3.57. The summed E-state index contributed by atoms with van der Waals surface area (Å²) in [5.41, 5.74) is 3.15. The van der Waals surface area contributed by atoms with E-state index in [1.165, 1.54) is 0 Å². The summed E-state index contributed by atoms with van der Waals surface area (Å²) in [7, 11) is -1.57. The second-order valence-electron chi connectivity index (χ2n) is 7.24. The van der Waals surface area contributed by atoms with Crippen LogP contribution in [0.2, 0.25) is 19.6 Å². The lowest BCUT2D eigenvalue weighted by Gasteiger charge is -2.37. The predicted molar refractivity (Wildman–Crippen MR) is 90.2 cm³/mol. The minimum atomic E-state index is -1.57. The molecule has 0 unspecified atom stereocenters. The first-order chi connectivity index (χ1) is 10.2. The highest BCUT2D eigenvalue weighted by Crippen LogP contribution is 2.42. The molecule has 3 atom stereocenters. The molecule has 3 nitrogen and oxygen atoms in total. The molecule has 4 heteroatoms. The van der Waals surface area contributed by atoms with E-state index >= 15 is 0 Å². The predicted octanol–water partition coefficient (Wildman–Crippen LogP) is 3.27. The maximum atomic E-state index is 11.6. The SMILES string of the molecule is C[Si](C)(C)C#C[C@@]1(O)CC[C@H](C(=O)O)[C@@H](c2ccccc2)C1. The lowest BCUT2D eigenvalue weighted by molar-refractivity contribution is -0.145. The Hall–Kier alpha value is -1.57. The van der Waals surface area contributed by atoms with E-state index in [-0.39, 0.29) is 5.92 Å². The quantitative estimate of drug-likeness (QED) is 0.650. The van der Waals surface area contributed by atoms with E-state index in [2.05, 4.69) is 31.1 Å². The van der Waals surface area contributed by atoms with E-state index < -0.39 is 25.6 Å². The summed E-state index contributed by atoms with van der Waals surface area (Å²) in [6, 6.07) is 9.63. The van der Waals surface area contributed by atoms with Crippen LogP contribution >= 0.6 is 0 Å². The molecule has 0 bridgehead atoms. The van der Waals surface area contributed by atoms with Gasteiger partial charge in [0, 0.05) is 5.92 Å². The van der Waals surface area contributed by atoms with Gasteiger partial charge in [-0.3, -0.25) is 4.79 Å². The van der Waals surface area contributed by atoms with E-state index in [1.807, 2.05) is 30.3 Å². The van der Waals surface area contributed by atoms with Crippen LogP contribution in [0.5, 0.6) is 0 Å². The summed E-state index contributed by atoms with van der Waals surface area (Å²) >= 11 is 0. The molecule has 118 valence electrons. The minimum Gasteiger partial charge on any atom is -0.481 e. The summed E-state index contributed by atoms with van der Waals surface area (Å²) in [5.74, 6) is 1.65. The van der Waals surface area contributed by atoms with E-state index in [0.29, 0.717) is 19.3 Å². The van der Waals surface area contributed by atoms with Gasteiger partial charge in [-0.15, -0.1) is 5.54 Å². The zero-order valence-electron chi connectivity index (χ0n) is 13.5. The Kier molecular flexibility index (Phi) is 4.79. The van der Waals surface area contributed by atoms with Crippen molar-refractivity contribution < 1.29 is 15.0 Å². The van der Waals surface area contributed by atoms with Gasteiger partial charge in [-0.1, -0.05) is 55.9 Å². The van der Waals surface area contributed by atoms with Crippen LogP contribution in [-0.2, 0) is 4.79 Å². The number of aliphatic hydroxyl groups is 1. The Balaban J connectivity index is 2.30. The summed E-state index contributed by atoms with van der Waals surface area (Å²) < 4.78 is 0. The van der Waals surface area contributed by atoms with Crippen LogP contribution < -0.4 is 0 Å². The number of hydrogen-bond donors (Lipinski definition) is 2. The van der Waals surface area contributed by atoms with Gasteiger partial charge in [-0.2, -0.15) is 0 Å². The zero-order chi connectivity index (χ0) is 16.4. The molecule has 1 saturated carbocycles. The molecule has 1 aliphatic carbocycles. The molecule has 1 aliphatic rings. The Morgan fingerprint density at radius 2 is 1.91 bits per heavy atom. The first kappa shape index (κ1) is 16.8. The minimum absolute atomic E-state index is 0.187. The number of carboxylic acids is 1. The largest absolute Gasteiger partial charge is 0.481 e. The third-order valence-electron chi connectivity index (χ3n) is 4.13. The highest BCUT2D eigenvalue weighted by Gasteiger charge is 2.42. The van der Waals surface area contributed by atoms with Crippen LogP contribution in [0, 0.1) is 17.4 Å². The molecule has 22 heavy (non-hydrogen) atoms. The fourth-order valence-electron chi connectivity index (χ4n) is 2.97. The first-order valence-electron chi connectivity index (χ1n) is 7.75. The number of aliphatic carboxylic acids is 1. The van der Waals surface area contributed by atoms with Crippen molar-refractivity contribution in [1.82, 2.24) is 0 Å². The number of benzene rings is 1. The second-order valence-corrected chi connectivity index (χ2v) is 12.0. The van der Waals surface area contributed by atoms with Gasteiger partial charge in [-0.25, -0.2) is 0 Å². The lowest BCUT2D eigenvalue weighted by Crippen LogP contribution is -2.40. The van der Waals surface area contributed by atoms with Crippen molar-refractivity contribution in [1.29, 1.82) is 0 Å². The smallest absolute Gasteiger partial charge is 0.307 e. The van der Waals surface area contributed by atoms with Gasteiger partial charge in [-0.05, 0) is 24.8 Å². The average Bonchev–Trinajstić information content (AvgIpc) is 2.45. The molecular weight excluding hydrogens is 292 g/mol. The normalized spacial score (nSPS) is 28.5. The highest BCUT2D eigenvalue weighted by molar-refractivity contribution is 6.83. The fraction of sp³-hybridized carbons (Fsp3) is 0.500. The molecule has 0 amide bonds. The molecule has 0 aliphatic heterocycles. The standard InChI is InChI=1S/C18H24O3Si/c1-22(2,3)12-11-18(21)10-9-15(17(19)20)16(13-18)14-7-5-4-6-8-14/h4-8,15-16,21H,9-10,13H2,1-3H3,(H,19,20)/t15-,16+,18-/m0/s1. The molecular formula is C18H24O3Si. The van der Waals surface area contributed by atoms with Crippen LogP contribution in [0.3, 0.4) is 0 Å². The van der Waals surface area contributed by atoms with Crippen molar-refractivity contribution in [3.63, 3.8) is 0 Å². The molecule has 0 saturated heterocycles. The van der Waals surface area contributed by atoms with Crippen molar-refractivity contribution in [2.75, 3.05) is 0 Å². The first-order valence-corrected chi connectivity index (χ1v) is 11.2. The molecule has 1 aromatic rings. The molecule has 2 rings (SSSR count). The van der Waals surface area contributed by atoms with Crippen LogP contribution in [0.15, 0.2) is 30.3 Å². The Bertz CT molecular complexity index is 594. The van der Waals surface area contributed by atoms with Crippen molar-refractivity contribution >= 4 is 14.0 Å². The number of carbonyl (C=O) groups is 1. The van der Waals surface area contributed by atoms with E-state index in [4.69, 9.17) is 0 Å². The summed E-state index contributed by atoms with van der Waals surface area (Å²) in [6.45, 7) is 6.42. The van der Waals surface area contributed by atoms with Crippen molar-refractivity contribution in [3.8, 4) is 11.5 Å². The third kappa shape index (κ3) is 4.22. The van der Waals surface area contributed by atoms with Gasteiger partial charge in [0.15, 0.2) is 0 Å². The maximum absolute atomic E-state index is 11.6. The van der Waals surface area contributed by atoms with Gasteiger partial charge < -0.3 is 10.2 Å². The van der Waals surface area contributed by atoms with E-state index in [0.717, 1.165) is 5.56 Å². The van der Waals surface area contributed by atoms with Crippen molar-refractivity contribution in [3.05, 3.63) is 35.9 Å². The molecule has 0 radical (unpaired) electrons. The molecule has 0 spiro atoms. The zero-order valence-corrected chi connectivity index (χ0v) is 14.5. The van der Waals surface area contributed by atoms with Gasteiger partial charge in [0.25, 0.3) is 0 Å². The van der Waals surface area contributed by atoms with Crippen LogP contribution in [0.25, 0.3) is 0 Å². The highest BCUT2D eigenvalue weighted by atomic mass is 28.3. The van der Waals surface area contributed by atoms with Crippen LogP contribution in [0.1, 0.15) is 30.7 Å². The summed E-state index contributed by atoms with van der Waals surface area (Å²) in [5, 5.41) is 20.3. The summed E-state index contributed by atoms with van der Waals surface area (Å²) in [6.07, 6.45) is 1.29. The van der Waals surface area contributed by atoms with Crippen LogP contribution in [-0.4, -0.2) is 29.9 Å². The molecule has 2 N–H and O–H groups in total. The van der Waals surface area contributed by atoms with Crippen molar-refractivity contribution in [2.45, 2.75) is 50.4 Å². The van der Waals surface area contributed by atoms with Crippen molar-refractivity contribution in [2.24, 2.45) is 5.92 Å². The third-order valence-corrected chi connectivity index (χ3v) is 5.00. The monoisotopic (exact) mass is 316 g/mol. The van der Waals surface area contributed by atoms with Gasteiger partial charge in [0.1, 0.15) is 13.7 Å². The van der Waals surface area contributed by atoms with E-state index in [1.54, 1.807) is 0 Å². The topological polar surface area (TPSA) is 57.5 Å². The maximum Gasteiger partial charge on any atom is 0.307 e. The Labute approximate surface area is 133 Å². The lowest BCUT2D eigenvalue weighted by atomic mass is 9.69. The molecule has 0 aromatic heterocycles. The van der Waals surface area contributed by atoms with Gasteiger partial charge in [0.2, 0.25) is 0 Å². The molecule has 1 aromatic carbocycles. The van der Waals surface area contributed by atoms with E-state index in [9.17, 15) is 15.0 Å². The Morgan fingerprint density at radius 1 is 1.27 bits per heavy atom. The number of rotatable bonds is 2. The van der Waals surface area contributed by atoms with Gasteiger partial charge >= 0.3 is 5.97 Å². The Morgan fingerprint density at radius 3 is 2.45 bits per heavy atom. The van der Waals surface area contributed by atoms with Crippen LogP contribution in [0.4, 0.5) is 0 Å². The second kappa shape index (κ2) is 6.27.